The minimum Gasteiger partial charge on any atom is -0.466 e. The number of hydrogen-bond donors (Lipinski definition) is 0. The Bertz CT molecular complexity index is 447. The van der Waals surface area contributed by atoms with E-state index in [9.17, 15) is 13.6 Å². The van der Waals surface area contributed by atoms with E-state index in [1.165, 1.54) is 0 Å². The van der Waals surface area contributed by atoms with Crippen molar-refractivity contribution in [3.05, 3.63) is 35.4 Å². The molecule has 3 nitrogen and oxygen atoms in total. The minimum atomic E-state index is -0.514. The Balaban J connectivity index is 3.08. The largest absolute Gasteiger partial charge is 0.466 e. The van der Waals surface area contributed by atoms with Gasteiger partial charge in [-0.2, -0.15) is 0 Å². The second-order valence-corrected chi connectivity index (χ2v) is 4.41. The molecule has 0 aliphatic heterocycles. The Kier molecular flexibility index (Phi) is 6.58. The lowest BCUT2D eigenvalue weighted by atomic mass is 10.0. The third kappa shape index (κ3) is 4.27. The summed E-state index contributed by atoms with van der Waals surface area (Å²) in [6, 6.07) is 2.80. The van der Waals surface area contributed by atoms with E-state index in [-0.39, 0.29) is 18.6 Å². The van der Waals surface area contributed by atoms with Crippen molar-refractivity contribution in [3.63, 3.8) is 0 Å². The van der Waals surface area contributed by atoms with Gasteiger partial charge in [0.05, 0.1) is 13.0 Å². The van der Waals surface area contributed by atoms with E-state index < -0.39 is 23.6 Å². The predicted octanol–water partition coefficient (Wildman–Crippen LogP) is 3.30. The van der Waals surface area contributed by atoms with Crippen molar-refractivity contribution in [3.8, 4) is 0 Å². The van der Waals surface area contributed by atoms with Gasteiger partial charge in [-0.3, -0.25) is 9.69 Å². The molecule has 0 bridgehead atoms. The molecule has 0 aliphatic carbocycles. The Morgan fingerprint density at radius 3 is 2.45 bits per heavy atom. The van der Waals surface area contributed by atoms with E-state index >= 15 is 0 Å². The molecule has 0 heterocycles. The van der Waals surface area contributed by atoms with Gasteiger partial charge in [0, 0.05) is 11.6 Å². The number of carbonyl (C=O) groups excluding carboxylic acids is 1. The number of halogens is 2. The lowest BCUT2D eigenvalue weighted by molar-refractivity contribution is -0.144. The average molecular weight is 285 g/mol. The van der Waals surface area contributed by atoms with Crippen molar-refractivity contribution in [1.29, 1.82) is 0 Å². The molecule has 0 fully saturated rings. The number of carbonyl (C=O) groups is 1. The number of ether oxygens (including phenoxy) is 1. The summed E-state index contributed by atoms with van der Waals surface area (Å²) in [4.78, 5) is 13.6. The third-order valence-electron chi connectivity index (χ3n) is 3.24. The van der Waals surface area contributed by atoms with Crippen LogP contribution < -0.4 is 0 Å². The van der Waals surface area contributed by atoms with Gasteiger partial charge in [0.2, 0.25) is 0 Å². The molecule has 0 aromatic heterocycles. The van der Waals surface area contributed by atoms with E-state index in [1.54, 1.807) is 6.92 Å². The fourth-order valence-corrected chi connectivity index (χ4v) is 2.25. The third-order valence-corrected chi connectivity index (χ3v) is 3.24. The normalized spacial score (nSPS) is 12.5. The van der Waals surface area contributed by atoms with Gasteiger partial charge >= 0.3 is 5.97 Å². The van der Waals surface area contributed by atoms with Crippen LogP contribution in [0, 0.1) is 11.6 Å². The van der Waals surface area contributed by atoms with Crippen LogP contribution in [0.15, 0.2) is 18.2 Å². The Hall–Kier alpha value is -1.49. The van der Waals surface area contributed by atoms with Gasteiger partial charge in [-0.05, 0) is 38.2 Å². The summed E-state index contributed by atoms with van der Waals surface area (Å²) >= 11 is 0. The average Bonchev–Trinajstić information content (AvgIpc) is 2.42. The van der Waals surface area contributed by atoms with Crippen LogP contribution in [0.1, 0.15) is 38.8 Å². The van der Waals surface area contributed by atoms with Crippen molar-refractivity contribution in [1.82, 2.24) is 4.90 Å². The second kappa shape index (κ2) is 7.94. The molecule has 1 aromatic rings. The molecule has 1 aromatic carbocycles. The lowest BCUT2D eigenvalue weighted by Crippen LogP contribution is -2.31. The fraction of sp³-hybridized carbons (Fsp3) is 0.533. The summed E-state index contributed by atoms with van der Waals surface area (Å²) in [5.74, 6) is -1.43. The smallest absolute Gasteiger partial charge is 0.307 e. The lowest BCUT2D eigenvalue weighted by Gasteiger charge is -2.29. The molecule has 0 N–H and O–H groups in total. The molecular formula is C15H21F2NO2. The molecule has 0 saturated heterocycles. The van der Waals surface area contributed by atoms with E-state index in [4.69, 9.17) is 4.74 Å². The van der Waals surface area contributed by atoms with Crippen molar-refractivity contribution in [2.75, 3.05) is 19.7 Å². The highest BCUT2D eigenvalue weighted by Crippen LogP contribution is 2.27. The van der Waals surface area contributed by atoms with Gasteiger partial charge in [0.1, 0.15) is 11.6 Å². The van der Waals surface area contributed by atoms with Crippen LogP contribution in [0.4, 0.5) is 8.78 Å². The quantitative estimate of drug-likeness (QED) is 0.720. The standard InChI is InChI=1S/C15H21F2NO2/c1-4-18(5-2)14(10-15(19)20-6-3)12-9-11(16)7-8-13(12)17/h7-9,14H,4-6,10H2,1-3H3. The molecule has 112 valence electrons. The maximum Gasteiger partial charge on any atom is 0.307 e. The first-order valence-corrected chi connectivity index (χ1v) is 6.88. The summed E-state index contributed by atoms with van der Waals surface area (Å²) in [7, 11) is 0. The molecule has 20 heavy (non-hydrogen) atoms. The van der Waals surface area contributed by atoms with Crippen molar-refractivity contribution in [2.24, 2.45) is 0 Å². The van der Waals surface area contributed by atoms with Gasteiger partial charge in [0.15, 0.2) is 0 Å². The van der Waals surface area contributed by atoms with Crippen LogP contribution in [0.2, 0.25) is 0 Å². The van der Waals surface area contributed by atoms with Gasteiger partial charge in [0.25, 0.3) is 0 Å². The molecule has 0 amide bonds. The van der Waals surface area contributed by atoms with Gasteiger partial charge < -0.3 is 4.74 Å². The van der Waals surface area contributed by atoms with Crippen LogP contribution in [-0.2, 0) is 9.53 Å². The number of esters is 1. The maximum atomic E-state index is 13.9. The Morgan fingerprint density at radius 2 is 1.90 bits per heavy atom. The highest BCUT2D eigenvalue weighted by molar-refractivity contribution is 5.70. The second-order valence-electron chi connectivity index (χ2n) is 4.41. The van der Waals surface area contributed by atoms with Crippen molar-refractivity contribution in [2.45, 2.75) is 33.2 Å². The zero-order valence-corrected chi connectivity index (χ0v) is 12.2. The molecule has 1 atom stereocenters. The molecule has 0 radical (unpaired) electrons. The molecule has 5 heteroatoms. The van der Waals surface area contributed by atoms with Crippen LogP contribution in [-0.4, -0.2) is 30.6 Å². The zero-order valence-electron chi connectivity index (χ0n) is 12.2. The van der Waals surface area contributed by atoms with E-state index in [0.717, 1.165) is 18.2 Å². The summed E-state index contributed by atoms with van der Waals surface area (Å²) < 4.78 is 32.2. The maximum absolute atomic E-state index is 13.9. The zero-order chi connectivity index (χ0) is 15.1. The summed E-state index contributed by atoms with van der Waals surface area (Å²) in [5, 5.41) is 0. The molecule has 0 saturated carbocycles. The fourth-order valence-electron chi connectivity index (χ4n) is 2.25. The first-order valence-electron chi connectivity index (χ1n) is 6.88. The monoisotopic (exact) mass is 285 g/mol. The number of benzene rings is 1. The Morgan fingerprint density at radius 1 is 1.25 bits per heavy atom. The number of nitrogens with zero attached hydrogens (tertiary/aromatic N) is 1. The van der Waals surface area contributed by atoms with Crippen molar-refractivity contribution >= 4 is 5.97 Å². The van der Waals surface area contributed by atoms with Gasteiger partial charge in [-0.1, -0.05) is 13.8 Å². The van der Waals surface area contributed by atoms with E-state index in [0.29, 0.717) is 13.1 Å². The number of hydrogen-bond acceptors (Lipinski definition) is 3. The first kappa shape index (κ1) is 16.6. The topological polar surface area (TPSA) is 29.5 Å². The summed E-state index contributed by atoms with van der Waals surface area (Å²) in [6.45, 7) is 7.09. The minimum absolute atomic E-state index is 0.00981. The predicted molar refractivity (Wildman–Crippen MR) is 73.3 cm³/mol. The molecule has 1 rings (SSSR count). The van der Waals surface area contributed by atoms with Crippen molar-refractivity contribution < 1.29 is 18.3 Å². The summed E-state index contributed by atoms with van der Waals surface area (Å²) in [5.41, 5.74) is 0.196. The molecule has 0 aliphatic rings. The highest BCUT2D eigenvalue weighted by Gasteiger charge is 2.25. The van der Waals surface area contributed by atoms with Crippen LogP contribution in [0.3, 0.4) is 0 Å². The van der Waals surface area contributed by atoms with E-state index in [1.807, 2.05) is 18.7 Å². The Labute approximate surface area is 118 Å². The van der Waals surface area contributed by atoms with Crippen LogP contribution in [0.5, 0.6) is 0 Å². The van der Waals surface area contributed by atoms with Gasteiger partial charge in [-0.25, -0.2) is 8.78 Å². The van der Waals surface area contributed by atoms with E-state index in [2.05, 4.69) is 0 Å². The molecular weight excluding hydrogens is 264 g/mol. The van der Waals surface area contributed by atoms with Gasteiger partial charge in [-0.15, -0.1) is 0 Å². The highest BCUT2D eigenvalue weighted by atomic mass is 19.1. The van der Waals surface area contributed by atoms with Crippen LogP contribution >= 0.6 is 0 Å². The summed E-state index contributed by atoms with van der Waals surface area (Å²) in [6.07, 6.45) is 0.00981. The molecule has 1 unspecified atom stereocenters. The number of rotatable bonds is 7. The van der Waals surface area contributed by atoms with Crippen LogP contribution in [0.25, 0.3) is 0 Å². The SMILES string of the molecule is CCOC(=O)CC(c1cc(F)ccc1F)N(CC)CC. The molecule has 0 spiro atoms. The first-order chi connectivity index (χ1) is 9.53.